The summed E-state index contributed by atoms with van der Waals surface area (Å²) in [6.45, 7) is 8.61. The Hall–Kier alpha value is -2.22. The van der Waals surface area contributed by atoms with Crippen LogP contribution in [0.25, 0.3) is 0 Å². The largest absolute Gasteiger partial charge is 0.460 e. The number of aromatic nitrogens is 2. The predicted molar refractivity (Wildman–Crippen MR) is 92.3 cm³/mol. The lowest BCUT2D eigenvalue weighted by Gasteiger charge is -2.27. The topological polar surface area (TPSA) is 88.9 Å². The second-order valence-corrected chi connectivity index (χ2v) is 6.42. The molecular formula is C16H25N5O3. The summed E-state index contributed by atoms with van der Waals surface area (Å²) < 4.78 is 10.5. The number of anilines is 2. The molecule has 0 spiro atoms. The van der Waals surface area contributed by atoms with Crippen LogP contribution < -0.4 is 10.3 Å². The Morgan fingerprint density at radius 2 is 2.12 bits per heavy atom. The number of hydrogen-bond acceptors (Lipinski definition) is 8. The summed E-state index contributed by atoms with van der Waals surface area (Å²) in [4.78, 5) is 13.7. The van der Waals surface area contributed by atoms with Crippen LogP contribution >= 0.6 is 0 Å². The average molecular weight is 335 g/mol. The van der Waals surface area contributed by atoms with Crippen LogP contribution in [0.2, 0.25) is 0 Å². The van der Waals surface area contributed by atoms with Gasteiger partial charge < -0.3 is 14.4 Å². The van der Waals surface area contributed by atoms with Crippen LogP contribution in [0.4, 0.5) is 11.6 Å². The highest BCUT2D eigenvalue weighted by Crippen LogP contribution is 2.13. The van der Waals surface area contributed by atoms with Crippen LogP contribution in [0.3, 0.4) is 0 Å². The number of ether oxygens (including phenoxy) is 2. The third-order valence-corrected chi connectivity index (χ3v) is 3.15. The van der Waals surface area contributed by atoms with Crippen molar-refractivity contribution in [3.63, 3.8) is 0 Å². The van der Waals surface area contributed by atoms with Crippen molar-refractivity contribution in [2.45, 2.75) is 39.2 Å². The summed E-state index contributed by atoms with van der Waals surface area (Å²) in [5.41, 5.74) is 2.34. The molecule has 0 aliphatic carbocycles. The van der Waals surface area contributed by atoms with Gasteiger partial charge in [-0.3, -0.25) is 10.2 Å². The number of morpholine rings is 1. The molecule has 0 unspecified atom stereocenters. The molecule has 24 heavy (non-hydrogen) atoms. The van der Waals surface area contributed by atoms with E-state index >= 15 is 0 Å². The third kappa shape index (κ3) is 6.49. The second kappa shape index (κ2) is 8.58. The molecule has 0 radical (unpaired) electrons. The summed E-state index contributed by atoms with van der Waals surface area (Å²) in [7, 11) is 0. The lowest BCUT2D eigenvalue weighted by molar-refractivity contribution is -0.154. The molecule has 0 bridgehead atoms. The lowest BCUT2D eigenvalue weighted by atomic mass is 10.2. The maximum atomic E-state index is 11.5. The fraction of sp³-hybridized carbons (Fsp3) is 0.625. The van der Waals surface area contributed by atoms with Crippen molar-refractivity contribution in [2.75, 3.05) is 36.6 Å². The van der Waals surface area contributed by atoms with E-state index < -0.39 is 5.60 Å². The van der Waals surface area contributed by atoms with E-state index in [-0.39, 0.29) is 5.97 Å². The highest BCUT2D eigenvalue weighted by atomic mass is 16.6. The Morgan fingerprint density at radius 3 is 2.75 bits per heavy atom. The third-order valence-electron chi connectivity index (χ3n) is 3.15. The maximum absolute atomic E-state index is 11.5. The maximum Gasteiger partial charge on any atom is 0.306 e. The molecule has 132 valence electrons. The molecular weight excluding hydrogens is 310 g/mol. The number of nitrogens with zero attached hydrogens (tertiary/aromatic N) is 4. The number of carbonyl (C=O) groups is 1. The number of carbonyl (C=O) groups excluding carboxylic acids is 1. The first kappa shape index (κ1) is 18.1. The minimum atomic E-state index is -0.454. The average Bonchev–Trinajstić information content (AvgIpc) is 2.54. The SMILES string of the molecule is CC(C)(C)OC(=O)CCC=NNc1ccc(N2CCOCC2)nn1. The van der Waals surface area contributed by atoms with E-state index in [1.807, 2.05) is 32.9 Å². The van der Waals surface area contributed by atoms with Crippen LogP contribution in [-0.4, -0.2) is 54.3 Å². The van der Waals surface area contributed by atoms with Gasteiger partial charge in [0, 0.05) is 19.3 Å². The van der Waals surface area contributed by atoms with E-state index in [9.17, 15) is 4.79 Å². The zero-order valence-corrected chi connectivity index (χ0v) is 14.5. The highest BCUT2D eigenvalue weighted by molar-refractivity contribution is 5.74. The normalized spacial score (nSPS) is 15.5. The highest BCUT2D eigenvalue weighted by Gasteiger charge is 2.15. The molecule has 1 aliphatic heterocycles. The standard InChI is InChI=1S/C16H25N5O3/c1-16(2,3)24-15(22)5-4-8-17-18-13-6-7-14(20-19-13)21-9-11-23-12-10-21/h6-8H,4-5,9-12H2,1-3H3,(H,18,19). The van der Waals surface area contributed by atoms with Crippen LogP contribution in [0, 0.1) is 0 Å². The molecule has 0 saturated carbocycles. The fourth-order valence-corrected chi connectivity index (χ4v) is 2.10. The molecule has 1 aromatic rings. The Kier molecular flexibility index (Phi) is 6.48. The number of hydrogen-bond donors (Lipinski definition) is 1. The van der Waals surface area contributed by atoms with Gasteiger partial charge in [0.25, 0.3) is 0 Å². The van der Waals surface area contributed by atoms with E-state index in [4.69, 9.17) is 9.47 Å². The van der Waals surface area contributed by atoms with Crippen molar-refractivity contribution >= 4 is 23.8 Å². The Morgan fingerprint density at radius 1 is 1.38 bits per heavy atom. The van der Waals surface area contributed by atoms with E-state index in [0.29, 0.717) is 31.9 Å². The summed E-state index contributed by atoms with van der Waals surface area (Å²) in [5, 5.41) is 12.3. The smallest absolute Gasteiger partial charge is 0.306 e. The lowest BCUT2D eigenvalue weighted by Crippen LogP contribution is -2.36. The van der Waals surface area contributed by atoms with Crippen LogP contribution in [0.5, 0.6) is 0 Å². The number of rotatable bonds is 6. The van der Waals surface area contributed by atoms with Crippen molar-refractivity contribution in [1.82, 2.24) is 10.2 Å². The molecule has 2 rings (SSSR count). The van der Waals surface area contributed by atoms with Crippen molar-refractivity contribution in [3.05, 3.63) is 12.1 Å². The van der Waals surface area contributed by atoms with Crippen molar-refractivity contribution in [3.8, 4) is 0 Å². The predicted octanol–water partition coefficient (Wildman–Crippen LogP) is 1.83. The molecule has 8 heteroatoms. The molecule has 1 N–H and O–H groups in total. The van der Waals surface area contributed by atoms with Crippen LogP contribution in [-0.2, 0) is 14.3 Å². The Balaban J connectivity index is 1.71. The van der Waals surface area contributed by atoms with E-state index in [1.54, 1.807) is 6.21 Å². The van der Waals surface area contributed by atoms with Gasteiger partial charge in [-0.25, -0.2) is 0 Å². The van der Waals surface area contributed by atoms with E-state index in [0.717, 1.165) is 18.9 Å². The van der Waals surface area contributed by atoms with Gasteiger partial charge in [-0.15, -0.1) is 10.2 Å². The zero-order chi connectivity index (χ0) is 17.4. The molecule has 0 aromatic carbocycles. The van der Waals surface area contributed by atoms with Gasteiger partial charge in [-0.1, -0.05) is 0 Å². The summed E-state index contributed by atoms with van der Waals surface area (Å²) in [6, 6.07) is 3.72. The van der Waals surface area contributed by atoms with Gasteiger partial charge in [0.15, 0.2) is 11.6 Å². The fourth-order valence-electron chi connectivity index (χ4n) is 2.10. The second-order valence-electron chi connectivity index (χ2n) is 6.42. The van der Waals surface area contributed by atoms with E-state index in [1.165, 1.54) is 0 Å². The molecule has 0 atom stereocenters. The van der Waals surface area contributed by atoms with Crippen molar-refractivity contribution in [1.29, 1.82) is 0 Å². The summed E-state index contributed by atoms with van der Waals surface area (Å²) in [5.74, 6) is 1.15. The minimum absolute atomic E-state index is 0.233. The van der Waals surface area contributed by atoms with Gasteiger partial charge in [-0.2, -0.15) is 5.10 Å². The Labute approximate surface area is 142 Å². The Bertz CT molecular complexity index is 548. The molecule has 0 amide bonds. The van der Waals surface area contributed by atoms with Crippen molar-refractivity contribution < 1.29 is 14.3 Å². The molecule has 1 fully saturated rings. The summed E-state index contributed by atoms with van der Waals surface area (Å²) in [6.07, 6.45) is 2.42. The number of hydrazone groups is 1. The zero-order valence-electron chi connectivity index (χ0n) is 14.5. The monoisotopic (exact) mass is 335 g/mol. The minimum Gasteiger partial charge on any atom is -0.460 e. The van der Waals surface area contributed by atoms with E-state index in [2.05, 4.69) is 25.6 Å². The van der Waals surface area contributed by atoms with Crippen LogP contribution in [0.15, 0.2) is 17.2 Å². The van der Waals surface area contributed by atoms with Gasteiger partial charge in [0.2, 0.25) is 0 Å². The molecule has 8 nitrogen and oxygen atoms in total. The molecule has 1 saturated heterocycles. The van der Waals surface area contributed by atoms with Gasteiger partial charge >= 0.3 is 5.97 Å². The first-order chi connectivity index (χ1) is 11.4. The number of esters is 1. The van der Waals surface area contributed by atoms with Crippen LogP contribution in [0.1, 0.15) is 33.6 Å². The molecule has 1 aromatic heterocycles. The first-order valence-electron chi connectivity index (χ1n) is 8.10. The molecule has 1 aliphatic rings. The van der Waals surface area contributed by atoms with Crippen molar-refractivity contribution in [2.24, 2.45) is 5.10 Å². The molecule has 2 heterocycles. The van der Waals surface area contributed by atoms with Gasteiger partial charge in [0.1, 0.15) is 5.60 Å². The summed E-state index contributed by atoms with van der Waals surface area (Å²) >= 11 is 0. The van der Waals surface area contributed by atoms with Gasteiger partial charge in [0.05, 0.1) is 19.6 Å². The first-order valence-corrected chi connectivity index (χ1v) is 8.10. The van der Waals surface area contributed by atoms with Gasteiger partial charge in [-0.05, 0) is 39.3 Å². The number of nitrogens with one attached hydrogen (secondary N) is 1. The quantitative estimate of drug-likeness (QED) is 0.482.